The van der Waals surface area contributed by atoms with Crippen LogP contribution in [0.2, 0.25) is 0 Å². The summed E-state index contributed by atoms with van der Waals surface area (Å²) in [6.07, 6.45) is 0. The zero-order valence-electron chi connectivity index (χ0n) is 9.01. The Labute approximate surface area is 96.8 Å². The van der Waals surface area contributed by atoms with E-state index in [1.165, 1.54) is 31.2 Å². The van der Waals surface area contributed by atoms with Crippen LogP contribution >= 0.6 is 0 Å². The molecule has 0 atom stereocenters. The summed E-state index contributed by atoms with van der Waals surface area (Å²) in [7, 11) is 0. The van der Waals surface area contributed by atoms with E-state index in [-0.39, 0.29) is 17.0 Å². The van der Waals surface area contributed by atoms with Crippen LogP contribution in [0.25, 0.3) is 0 Å². The number of rotatable bonds is 2. The second-order valence-corrected chi connectivity index (χ2v) is 2.86. The minimum atomic E-state index is -1.23. The molecule has 0 aromatic heterocycles. The number of benzene rings is 1. The SMILES string of the molecule is CC(=O)NN.O=C(O)c1ccccc1C(=O)O. The van der Waals surface area contributed by atoms with Gasteiger partial charge in [0.2, 0.25) is 5.91 Å². The van der Waals surface area contributed by atoms with Crippen molar-refractivity contribution in [2.75, 3.05) is 0 Å². The number of carboxylic acid groups (broad SMARTS) is 2. The van der Waals surface area contributed by atoms with Gasteiger partial charge in [-0.15, -0.1) is 0 Å². The molecule has 92 valence electrons. The number of carbonyl (C=O) groups excluding carboxylic acids is 1. The molecule has 1 rings (SSSR count). The first-order chi connectivity index (χ1) is 7.90. The Kier molecular flexibility index (Phi) is 5.98. The molecule has 1 aromatic rings. The highest BCUT2D eigenvalue weighted by Gasteiger charge is 2.13. The molecule has 0 heterocycles. The molecule has 17 heavy (non-hydrogen) atoms. The Morgan fingerprint density at radius 2 is 1.35 bits per heavy atom. The van der Waals surface area contributed by atoms with E-state index in [4.69, 9.17) is 10.2 Å². The second-order valence-electron chi connectivity index (χ2n) is 2.86. The average molecular weight is 240 g/mol. The lowest BCUT2D eigenvalue weighted by Gasteiger charge is -1.98. The van der Waals surface area contributed by atoms with Crippen LogP contribution in [-0.2, 0) is 4.79 Å². The average Bonchev–Trinajstić information content (AvgIpc) is 2.29. The van der Waals surface area contributed by atoms with Crippen LogP contribution in [-0.4, -0.2) is 28.1 Å². The third-order valence-corrected chi connectivity index (χ3v) is 1.59. The summed E-state index contributed by atoms with van der Waals surface area (Å²) < 4.78 is 0. The van der Waals surface area contributed by atoms with Crippen molar-refractivity contribution in [2.45, 2.75) is 6.92 Å². The van der Waals surface area contributed by atoms with Gasteiger partial charge < -0.3 is 10.2 Å². The van der Waals surface area contributed by atoms with E-state index in [1.807, 2.05) is 5.43 Å². The minimum absolute atomic E-state index is 0.190. The summed E-state index contributed by atoms with van der Waals surface area (Å²) >= 11 is 0. The van der Waals surface area contributed by atoms with Crippen LogP contribution in [0.15, 0.2) is 24.3 Å². The molecular formula is C10H12N2O5. The van der Waals surface area contributed by atoms with Crippen molar-refractivity contribution in [3.63, 3.8) is 0 Å². The Bertz CT molecular complexity index is 397. The van der Waals surface area contributed by atoms with Gasteiger partial charge in [-0.05, 0) is 12.1 Å². The number of nitrogens with one attached hydrogen (secondary N) is 1. The highest BCUT2D eigenvalue weighted by atomic mass is 16.4. The molecule has 0 aliphatic rings. The maximum atomic E-state index is 10.5. The van der Waals surface area contributed by atoms with Crippen LogP contribution in [0, 0.1) is 0 Å². The number of aromatic carboxylic acids is 2. The summed E-state index contributed by atoms with van der Waals surface area (Å²) in [5, 5.41) is 17.1. The number of hydrazine groups is 1. The lowest BCUT2D eigenvalue weighted by molar-refractivity contribution is -0.119. The van der Waals surface area contributed by atoms with Gasteiger partial charge in [0.1, 0.15) is 0 Å². The summed E-state index contributed by atoms with van der Waals surface area (Å²) in [6, 6.07) is 5.48. The molecule has 0 aliphatic heterocycles. The van der Waals surface area contributed by atoms with Gasteiger partial charge in [0.25, 0.3) is 0 Å². The lowest BCUT2D eigenvalue weighted by atomic mass is 10.1. The third kappa shape index (κ3) is 5.28. The summed E-state index contributed by atoms with van der Waals surface area (Å²) in [4.78, 5) is 30.5. The number of nitrogens with two attached hydrogens (primary N) is 1. The molecule has 1 aromatic carbocycles. The molecule has 0 spiro atoms. The monoisotopic (exact) mass is 240 g/mol. The molecule has 0 aliphatic carbocycles. The molecule has 7 nitrogen and oxygen atoms in total. The molecule has 0 unspecified atom stereocenters. The van der Waals surface area contributed by atoms with Crippen LogP contribution in [0.4, 0.5) is 0 Å². The first kappa shape index (κ1) is 14.6. The van der Waals surface area contributed by atoms with Crippen LogP contribution in [0.5, 0.6) is 0 Å². The van der Waals surface area contributed by atoms with Crippen molar-refractivity contribution in [3.8, 4) is 0 Å². The van der Waals surface area contributed by atoms with Crippen molar-refractivity contribution in [3.05, 3.63) is 35.4 Å². The van der Waals surface area contributed by atoms with E-state index >= 15 is 0 Å². The van der Waals surface area contributed by atoms with Gasteiger partial charge in [0.15, 0.2) is 0 Å². The largest absolute Gasteiger partial charge is 0.478 e. The molecule has 5 N–H and O–H groups in total. The van der Waals surface area contributed by atoms with Gasteiger partial charge in [0.05, 0.1) is 11.1 Å². The maximum absolute atomic E-state index is 10.5. The Morgan fingerprint density at radius 3 is 1.53 bits per heavy atom. The number of hydrogen-bond acceptors (Lipinski definition) is 4. The van der Waals surface area contributed by atoms with Gasteiger partial charge in [-0.2, -0.15) is 0 Å². The molecular weight excluding hydrogens is 228 g/mol. The van der Waals surface area contributed by atoms with Crippen LogP contribution in [0.1, 0.15) is 27.6 Å². The van der Waals surface area contributed by atoms with Crippen molar-refractivity contribution < 1.29 is 24.6 Å². The van der Waals surface area contributed by atoms with E-state index in [2.05, 4.69) is 5.84 Å². The summed E-state index contributed by atoms with van der Waals surface area (Å²) in [6.45, 7) is 1.35. The van der Waals surface area contributed by atoms with E-state index in [9.17, 15) is 14.4 Å². The van der Waals surface area contributed by atoms with Crippen molar-refractivity contribution in [1.29, 1.82) is 0 Å². The fourth-order valence-electron chi connectivity index (χ4n) is 0.856. The van der Waals surface area contributed by atoms with Crippen LogP contribution in [0.3, 0.4) is 0 Å². The van der Waals surface area contributed by atoms with Crippen molar-refractivity contribution >= 4 is 17.8 Å². The predicted octanol–water partition coefficient (Wildman–Crippen LogP) is 0.0792. The Morgan fingerprint density at radius 1 is 1.06 bits per heavy atom. The molecule has 0 fully saturated rings. The molecule has 1 amide bonds. The standard InChI is InChI=1S/C8H6O4.C2H6N2O/c9-7(10)5-3-1-2-4-6(5)8(11)12;1-2(5)4-3/h1-4H,(H,9,10)(H,11,12);3H2,1H3,(H,4,5). The highest BCUT2D eigenvalue weighted by Crippen LogP contribution is 2.07. The quantitative estimate of drug-likeness (QED) is 0.329. The van der Waals surface area contributed by atoms with Gasteiger partial charge in [-0.25, -0.2) is 15.4 Å². The number of amides is 1. The topological polar surface area (TPSA) is 130 Å². The van der Waals surface area contributed by atoms with E-state index < -0.39 is 11.9 Å². The zero-order chi connectivity index (χ0) is 13.4. The Balaban J connectivity index is 0.000000437. The highest BCUT2D eigenvalue weighted by molar-refractivity contribution is 6.01. The molecule has 0 bridgehead atoms. The summed E-state index contributed by atoms with van der Waals surface area (Å²) in [5.41, 5.74) is 1.51. The number of hydrogen-bond donors (Lipinski definition) is 4. The van der Waals surface area contributed by atoms with Gasteiger partial charge in [0, 0.05) is 6.92 Å². The smallest absolute Gasteiger partial charge is 0.336 e. The molecule has 0 saturated heterocycles. The molecule has 0 radical (unpaired) electrons. The first-order valence-electron chi connectivity index (χ1n) is 4.43. The van der Waals surface area contributed by atoms with Gasteiger partial charge >= 0.3 is 11.9 Å². The Hall–Kier alpha value is -2.41. The maximum Gasteiger partial charge on any atom is 0.336 e. The van der Waals surface area contributed by atoms with Crippen LogP contribution < -0.4 is 11.3 Å². The second kappa shape index (κ2) is 6.96. The summed E-state index contributed by atoms with van der Waals surface area (Å²) in [5.74, 6) is 1.90. The molecule has 0 saturated carbocycles. The lowest BCUT2D eigenvalue weighted by Crippen LogP contribution is -2.26. The number of carboxylic acids is 2. The van der Waals surface area contributed by atoms with Crippen molar-refractivity contribution in [2.24, 2.45) is 5.84 Å². The minimum Gasteiger partial charge on any atom is -0.478 e. The van der Waals surface area contributed by atoms with Gasteiger partial charge in [-0.1, -0.05) is 12.1 Å². The normalized spacial score (nSPS) is 8.59. The third-order valence-electron chi connectivity index (χ3n) is 1.59. The van der Waals surface area contributed by atoms with Gasteiger partial charge in [-0.3, -0.25) is 10.2 Å². The fourth-order valence-corrected chi connectivity index (χ4v) is 0.856. The predicted molar refractivity (Wildman–Crippen MR) is 58.4 cm³/mol. The van der Waals surface area contributed by atoms with Crippen molar-refractivity contribution in [1.82, 2.24) is 5.43 Å². The molecule has 7 heteroatoms. The number of carbonyl (C=O) groups is 3. The van der Waals surface area contributed by atoms with E-state index in [0.29, 0.717) is 0 Å². The zero-order valence-corrected chi connectivity index (χ0v) is 9.01. The fraction of sp³-hybridized carbons (Fsp3) is 0.100. The first-order valence-corrected chi connectivity index (χ1v) is 4.43. The van der Waals surface area contributed by atoms with E-state index in [1.54, 1.807) is 0 Å². The van der Waals surface area contributed by atoms with E-state index in [0.717, 1.165) is 0 Å².